The van der Waals surface area contributed by atoms with Gasteiger partial charge in [0.15, 0.2) is 5.75 Å². The van der Waals surface area contributed by atoms with Crippen LogP contribution in [0.5, 0.6) is 5.75 Å². The molecule has 0 aromatic heterocycles. The first-order valence-corrected chi connectivity index (χ1v) is 4.42. The quantitative estimate of drug-likeness (QED) is 0.621. The van der Waals surface area contributed by atoms with Gasteiger partial charge in [-0.1, -0.05) is 0 Å². The zero-order chi connectivity index (χ0) is 14.1. The summed E-state index contributed by atoms with van der Waals surface area (Å²) >= 11 is 0. The van der Waals surface area contributed by atoms with E-state index >= 15 is 0 Å². The van der Waals surface area contributed by atoms with Crippen LogP contribution in [-0.2, 0) is 0 Å². The number of rotatable bonds is 2. The van der Waals surface area contributed by atoms with E-state index in [1.54, 1.807) is 0 Å². The van der Waals surface area contributed by atoms with Gasteiger partial charge < -0.3 is 10.8 Å². The highest BCUT2D eigenvalue weighted by Crippen LogP contribution is 2.40. The van der Waals surface area contributed by atoms with Crippen molar-refractivity contribution >= 4 is 5.69 Å². The summed E-state index contributed by atoms with van der Waals surface area (Å²) in [6.45, 7) is 0. The first kappa shape index (κ1) is 13.7. The zero-order valence-corrected chi connectivity index (χ0v) is 8.60. The molecule has 0 radical (unpaired) electrons. The molecule has 3 N–H and O–H groups in total. The van der Waals surface area contributed by atoms with Crippen molar-refractivity contribution < 1.29 is 23.2 Å². The van der Waals surface area contributed by atoms with E-state index in [4.69, 9.17) is 11.0 Å². The van der Waals surface area contributed by atoms with Crippen LogP contribution >= 0.6 is 0 Å². The molecule has 0 spiro atoms. The molecule has 0 saturated carbocycles. The Balaban J connectivity index is 3.50. The lowest BCUT2D eigenvalue weighted by atomic mass is 10.0. The van der Waals surface area contributed by atoms with Crippen LogP contribution in [0.25, 0.3) is 0 Å². The van der Waals surface area contributed by atoms with Crippen molar-refractivity contribution in [2.75, 3.05) is 0 Å². The van der Waals surface area contributed by atoms with Gasteiger partial charge in [0, 0.05) is 11.6 Å². The molecule has 0 fully saturated rings. The van der Waals surface area contributed by atoms with Crippen molar-refractivity contribution in [1.82, 2.24) is 0 Å². The monoisotopic (exact) mass is 261 g/mol. The molecule has 0 aliphatic carbocycles. The number of hydrogen-bond acceptors (Lipinski definition) is 5. The second kappa shape index (κ2) is 4.50. The Bertz CT molecular complexity index is 536. The van der Waals surface area contributed by atoms with Crippen LogP contribution in [0, 0.1) is 21.4 Å². The molecule has 0 bridgehead atoms. The number of hydrogen-bond donors (Lipinski definition) is 2. The number of phenols is 1. The molecule has 6 nitrogen and oxygen atoms in total. The average molecular weight is 261 g/mol. The van der Waals surface area contributed by atoms with Gasteiger partial charge in [-0.25, -0.2) is 0 Å². The van der Waals surface area contributed by atoms with Crippen molar-refractivity contribution in [3.05, 3.63) is 33.4 Å². The summed E-state index contributed by atoms with van der Waals surface area (Å²) in [5.74, 6) is -1.19. The topological polar surface area (TPSA) is 113 Å². The van der Waals surface area contributed by atoms with E-state index in [1.807, 2.05) is 0 Å². The van der Waals surface area contributed by atoms with E-state index in [0.29, 0.717) is 12.1 Å². The minimum absolute atomic E-state index is 0.394. The average Bonchev–Trinajstić information content (AvgIpc) is 2.26. The smallest absolute Gasteiger partial charge is 0.407 e. The van der Waals surface area contributed by atoms with Crippen molar-refractivity contribution in [3.63, 3.8) is 0 Å². The largest absolute Gasteiger partial charge is 0.502 e. The Kier molecular flexibility index (Phi) is 3.43. The van der Waals surface area contributed by atoms with Gasteiger partial charge in [0.1, 0.15) is 6.04 Å². The number of aromatic hydroxyl groups is 1. The summed E-state index contributed by atoms with van der Waals surface area (Å²) in [7, 11) is 0. The van der Waals surface area contributed by atoms with E-state index in [9.17, 15) is 28.4 Å². The maximum atomic E-state index is 12.4. The summed E-state index contributed by atoms with van der Waals surface area (Å²) in [6, 6.07) is 0.186. The molecule has 1 aromatic carbocycles. The number of nitriles is 1. The molecule has 1 aromatic rings. The highest BCUT2D eigenvalue weighted by atomic mass is 19.4. The highest BCUT2D eigenvalue weighted by Gasteiger charge is 2.41. The van der Waals surface area contributed by atoms with Crippen LogP contribution in [0.1, 0.15) is 17.2 Å². The van der Waals surface area contributed by atoms with E-state index < -0.39 is 39.7 Å². The maximum Gasteiger partial charge on any atom is 0.407 e. The molecule has 0 saturated heterocycles. The molecule has 96 valence electrons. The molecule has 0 aliphatic rings. The predicted octanol–water partition coefficient (Wildman–Crippen LogP) is 1.73. The Hall–Kier alpha value is -2.34. The van der Waals surface area contributed by atoms with E-state index in [0.717, 1.165) is 0 Å². The molecule has 1 rings (SSSR count). The van der Waals surface area contributed by atoms with Gasteiger partial charge >= 0.3 is 11.9 Å². The molecular weight excluding hydrogens is 255 g/mol. The van der Waals surface area contributed by atoms with Gasteiger partial charge in [-0.05, 0) is 6.07 Å². The van der Waals surface area contributed by atoms with Crippen LogP contribution in [-0.4, -0.2) is 16.2 Å². The summed E-state index contributed by atoms with van der Waals surface area (Å²) in [4.78, 5) is 9.43. The molecule has 0 unspecified atom stereocenters. The molecule has 0 amide bonds. The highest BCUT2D eigenvalue weighted by molar-refractivity contribution is 5.57. The predicted molar refractivity (Wildman–Crippen MR) is 52.5 cm³/mol. The number of nitrogens with two attached hydrogens (primary N) is 1. The van der Waals surface area contributed by atoms with Crippen molar-refractivity contribution in [2.24, 2.45) is 5.73 Å². The van der Waals surface area contributed by atoms with Crippen LogP contribution in [0.2, 0.25) is 0 Å². The van der Waals surface area contributed by atoms with Gasteiger partial charge in [-0.15, -0.1) is 0 Å². The Morgan fingerprint density at radius 1 is 1.50 bits per heavy atom. The fourth-order valence-corrected chi connectivity index (χ4v) is 1.26. The Morgan fingerprint density at radius 2 is 2.06 bits per heavy atom. The normalized spacial score (nSPS) is 12.8. The maximum absolute atomic E-state index is 12.4. The van der Waals surface area contributed by atoms with Gasteiger partial charge in [0.05, 0.1) is 16.6 Å². The van der Waals surface area contributed by atoms with Gasteiger partial charge in [-0.2, -0.15) is 18.4 Å². The number of alkyl halides is 3. The van der Waals surface area contributed by atoms with Crippen molar-refractivity contribution in [3.8, 4) is 11.8 Å². The van der Waals surface area contributed by atoms with E-state index in [2.05, 4.69) is 0 Å². The van der Waals surface area contributed by atoms with Crippen LogP contribution in [0.3, 0.4) is 0 Å². The third-order valence-electron chi connectivity index (χ3n) is 2.13. The third-order valence-corrected chi connectivity index (χ3v) is 2.13. The molecule has 0 heterocycles. The minimum atomic E-state index is -4.89. The zero-order valence-electron chi connectivity index (χ0n) is 8.60. The van der Waals surface area contributed by atoms with Crippen molar-refractivity contribution in [1.29, 1.82) is 5.26 Å². The van der Waals surface area contributed by atoms with Crippen LogP contribution in [0.4, 0.5) is 18.9 Å². The lowest BCUT2D eigenvalue weighted by Gasteiger charge is -2.17. The molecule has 0 aliphatic heterocycles. The van der Waals surface area contributed by atoms with Crippen molar-refractivity contribution in [2.45, 2.75) is 12.2 Å². The van der Waals surface area contributed by atoms with Gasteiger partial charge in [0.2, 0.25) is 0 Å². The summed E-state index contributed by atoms with van der Waals surface area (Å²) in [6.07, 6.45) is -4.89. The lowest BCUT2D eigenvalue weighted by molar-refractivity contribution is -0.386. The first-order chi connectivity index (χ1) is 8.18. The second-order valence-electron chi connectivity index (χ2n) is 3.32. The number of halogens is 3. The summed E-state index contributed by atoms with van der Waals surface area (Å²) in [5.41, 5.74) is 2.55. The van der Waals surface area contributed by atoms with Crippen LogP contribution in [0.15, 0.2) is 12.1 Å². The first-order valence-electron chi connectivity index (χ1n) is 4.42. The Morgan fingerprint density at radius 3 is 2.44 bits per heavy atom. The van der Waals surface area contributed by atoms with Gasteiger partial charge in [-0.3, -0.25) is 10.1 Å². The molecule has 1 atom stereocenters. The molecule has 18 heavy (non-hydrogen) atoms. The minimum Gasteiger partial charge on any atom is -0.502 e. The number of nitro groups is 1. The lowest BCUT2D eigenvalue weighted by Crippen LogP contribution is -2.28. The second-order valence-corrected chi connectivity index (χ2v) is 3.32. The summed E-state index contributed by atoms with van der Waals surface area (Å²) in [5, 5.41) is 28.5. The third kappa shape index (κ3) is 2.49. The summed E-state index contributed by atoms with van der Waals surface area (Å²) < 4.78 is 37.2. The molecule has 9 heteroatoms. The number of phenolic OH excluding ortho intramolecular Hbond substituents is 1. The fourth-order valence-electron chi connectivity index (χ4n) is 1.26. The standard InChI is InChI=1S/C9H6F3N3O3/c10-9(11,12)8(14)5-1-4(3-13)2-6(7(5)16)15(17)18/h1-2,8,16H,14H2/t8-/m0/s1. The van der Waals surface area contributed by atoms with Crippen LogP contribution < -0.4 is 5.73 Å². The van der Waals surface area contributed by atoms with E-state index in [-0.39, 0.29) is 0 Å². The Labute approximate surface area is 98.2 Å². The fraction of sp³-hybridized carbons (Fsp3) is 0.222. The van der Waals surface area contributed by atoms with E-state index in [1.165, 1.54) is 6.07 Å². The number of nitro benzene ring substituents is 1. The number of nitrogens with zero attached hydrogens (tertiary/aromatic N) is 2. The SMILES string of the molecule is N#Cc1cc([C@H](N)C(F)(F)F)c(O)c([N+](=O)[O-])c1. The molecular formula is C9H6F3N3O3. The number of benzene rings is 1. The van der Waals surface area contributed by atoms with Gasteiger partial charge in [0.25, 0.3) is 0 Å².